The molecule has 0 saturated carbocycles. The summed E-state index contributed by atoms with van der Waals surface area (Å²) in [6.45, 7) is 1.75. The molecule has 25 heavy (non-hydrogen) atoms. The van der Waals surface area contributed by atoms with E-state index in [0.717, 1.165) is 12.1 Å². The SMILES string of the molecule is Cc1cc(Nc2ccc(F)c(Cl)c2)nc(Nc2ccc(F)c(F)c2)n1. The number of aromatic nitrogens is 2. The van der Waals surface area contributed by atoms with E-state index >= 15 is 0 Å². The lowest BCUT2D eigenvalue weighted by Crippen LogP contribution is -2.03. The van der Waals surface area contributed by atoms with Gasteiger partial charge in [0.05, 0.1) is 5.02 Å². The number of hydrogen-bond acceptors (Lipinski definition) is 4. The van der Waals surface area contributed by atoms with Gasteiger partial charge in [0.15, 0.2) is 11.6 Å². The highest BCUT2D eigenvalue weighted by atomic mass is 35.5. The Morgan fingerprint density at radius 3 is 2.16 bits per heavy atom. The van der Waals surface area contributed by atoms with E-state index in [2.05, 4.69) is 20.6 Å². The minimum atomic E-state index is -0.975. The molecule has 0 amide bonds. The highest BCUT2D eigenvalue weighted by Crippen LogP contribution is 2.23. The highest BCUT2D eigenvalue weighted by Gasteiger charge is 2.07. The Labute approximate surface area is 146 Å². The van der Waals surface area contributed by atoms with Gasteiger partial charge in [-0.15, -0.1) is 0 Å². The Kier molecular flexibility index (Phi) is 4.76. The molecule has 0 spiro atoms. The lowest BCUT2D eigenvalue weighted by atomic mass is 10.3. The molecule has 128 valence electrons. The standard InChI is InChI=1S/C17H12ClF3N4/c1-9-6-16(23-10-2-4-13(19)12(18)7-10)25-17(22-9)24-11-3-5-14(20)15(21)8-11/h2-8H,1H3,(H2,22,23,24,25). The van der Waals surface area contributed by atoms with Crippen LogP contribution in [-0.4, -0.2) is 9.97 Å². The summed E-state index contributed by atoms with van der Waals surface area (Å²) in [5, 5.41) is 5.77. The van der Waals surface area contributed by atoms with Gasteiger partial charge in [0.2, 0.25) is 5.95 Å². The van der Waals surface area contributed by atoms with Crippen molar-refractivity contribution in [2.24, 2.45) is 0 Å². The molecule has 0 aliphatic rings. The number of aryl methyl sites for hydroxylation is 1. The Bertz CT molecular complexity index is 862. The molecule has 0 saturated heterocycles. The third-order valence-corrected chi connectivity index (χ3v) is 3.51. The van der Waals surface area contributed by atoms with Gasteiger partial charge in [0.25, 0.3) is 0 Å². The van der Waals surface area contributed by atoms with Crippen LogP contribution in [0.3, 0.4) is 0 Å². The zero-order valence-electron chi connectivity index (χ0n) is 12.9. The second kappa shape index (κ2) is 6.98. The van der Waals surface area contributed by atoms with Gasteiger partial charge >= 0.3 is 0 Å². The average Bonchev–Trinajstić information content (AvgIpc) is 2.54. The van der Waals surface area contributed by atoms with Gasteiger partial charge in [-0.3, -0.25) is 0 Å². The zero-order chi connectivity index (χ0) is 18.0. The number of anilines is 4. The minimum absolute atomic E-state index is 0.0177. The number of halogens is 4. The van der Waals surface area contributed by atoms with Gasteiger partial charge in [-0.05, 0) is 37.3 Å². The van der Waals surface area contributed by atoms with Crippen molar-refractivity contribution in [3.63, 3.8) is 0 Å². The number of hydrogen-bond donors (Lipinski definition) is 2. The van der Waals surface area contributed by atoms with Crippen LogP contribution in [-0.2, 0) is 0 Å². The molecule has 3 rings (SSSR count). The van der Waals surface area contributed by atoms with E-state index in [0.29, 0.717) is 22.9 Å². The van der Waals surface area contributed by atoms with Crippen LogP contribution >= 0.6 is 11.6 Å². The predicted molar refractivity (Wildman–Crippen MR) is 91.1 cm³/mol. The zero-order valence-corrected chi connectivity index (χ0v) is 13.7. The number of rotatable bonds is 4. The molecule has 0 atom stereocenters. The normalized spacial score (nSPS) is 10.6. The molecule has 2 N–H and O–H groups in total. The molecule has 0 fully saturated rings. The summed E-state index contributed by atoms with van der Waals surface area (Å²) in [5.41, 5.74) is 1.49. The van der Waals surface area contributed by atoms with Crippen molar-refractivity contribution in [3.05, 3.63) is 70.6 Å². The van der Waals surface area contributed by atoms with E-state index in [1.165, 1.54) is 24.3 Å². The smallest absolute Gasteiger partial charge is 0.229 e. The minimum Gasteiger partial charge on any atom is -0.340 e. The molecular weight excluding hydrogens is 353 g/mol. The van der Waals surface area contributed by atoms with Crippen LogP contribution in [0, 0.1) is 24.4 Å². The first-order valence-corrected chi connectivity index (χ1v) is 7.58. The van der Waals surface area contributed by atoms with E-state index in [1.54, 1.807) is 13.0 Å². The van der Waals surface area contributed by atoms with Gasteiger partial charge in [-0.25, -0.2) is 18.2 Å². The van der Waals surface area contributed by atoms with E-state index in [1.807, 2.05) is 0 Å². The maximum absolute atomic E-state index is 13.3. The Balaban J connectivity index is 1.84. The summed E-state index contributed by atoms with van der Waals surface area (Å²) in [5.74, 6) is -1.81. The molecule has 2 aromatic carbocycles. The first-order chi connectivity index (χ1) is 11.9. The quantitative estimate of drug-likeness (QED) is 0.655. The van der Waals surface area contributed by atoms with Crippen LogP contribution in [0.1, 0.15) is 5.69 Å². The maximum Gasteiger partial charge on any atom is 0.229 e. The molecule has 0 bridgehead atoms. The van der Waals surface area contributed by atoms with Crippen molar-refractivity contribution in [3.8, 4) is 0 Å². The molecule has 0 radical (unpaired) electrons. The monoisotopic (exact) mass is 364 g/mol. The molecular formula is C17H12ClF3N4. The maximum atomic E-state index is 13.3. The Hall–Kier alpha value is -2.80. The van der Waals surface area contributed by atoms with Crippen LogP contribution in [0.5, 0.6) is 0 Å². The van der Waals surface area contributed by atoms with Gasteiger partial charge in [0, 0.05) is 29.2 Å². The Morgan fingerprint density at radius 2 is 1.48 bits per heavy atom. The average molecular weight is 365 g/mol. The fourth-order valence-corrected chi connectivity index (χ4v) is 2.29. The third kappa shape index (κ3) is 4.19. The van der Waals surface area contributed by atoms with Gasteiger partial charge in [0.1, 0.15) is 11.6 Å². The second-order valence-electron chi connectivity index (χ2n) is 5.23. The number of benzene rings is 2. The predicted octanol–water partition coefficient (Wildman–Crippen LogP) is 5.34. The molecule has 8 heteroatoms. The van der Waals surface area contributed by atoms with Crippen LogP contribution in [0.25, 0.3) is 0 Å². The summed E-state index contributed by atoms with van der Waals surface area (Å²) >= 11 is 5.75. The van der Waals surface area contributed by atoms with Crippen molar-refractivity contribution < 1.29 is 13.2 Å². The lowest BCUT2D eigenvalue weighted by molar-refractivity contribution is 0.509. The topological polar surface area (TPSA) is 49.8 Å². The summed E-state index contributed by atoms with van der Waals surface area (Å²) < 4.78 is 39.5. The van der Waals surface area contributed by atoms with Gasteiger partial charge in [-0.1, -0.05) is 11.6 Å². The molecule has 0 aliphatic heterocycles. The van der Waals surface area contributed by atoms with Crippen molar-refractivity contribution in [2.45, 2.75) is 6.92 Å². The molecule has 3 aromatic rings. The van der Waals surface area contributed by atoms with Gasteiger partial charge < -0.3 is 10.6 Å². The first-order valence-electron chi connectivity index (χ1n) is 7.20. The van der Waals surface area contributed by atoms with Crippen molar-refractivity contribution in [1.82, 2.24) is 9.97 Å². The number of nitrogens with one attached hydrogen (secondary N) is 2. The lowest BCUT2D eigenvalue weighted by Gasteiger charge is -2.10. The highest BCUT2D eigenvalue weighted by molar-refractivity contribution is 6.31. The molecule has 1 heterocycles. The fourth-order valence-electron chi connectivity index (χ4n) is 2.11. The molecule has 0 aliphatic carbocycles. The van der Waals surface area contributed by atoms with Crippen molar-refractivity contribution in [2.75, 3.05) is 10.6 Å². The van der Waals surface area contributed by atoms with E-state index in [-0.39, 0.29) is 11.0 Å². The van der Waals surface area contributed by atoms with Crippen LogP contribution < -0.4 is 10.6 Å². The Morgan fingerprint density at radius 1 is 0.800 bits per heavy atom. The fraction of sp³-hybridized carbons (Fsp3) is 0.0588. The molecule has 1 aromatic heterocycles. The third-order valence-electron chi connectivity index (χ3n) is 3.22. The van der Waals surface area contributed by atoms with E-state index in [9.17, 15) is 13.2 Å². The van der Waals surface area contributed by atoms with Gasteiger partial charge in [-0.2, -0.15) is 4.98 Å². The number of nitrogens with zero attached hydrogens (tertiary/aromatic N) is 2. The largest absolute Gasteiger partial charge is 0.340 e. The summed E-state index contributed by atoms with van der Waals surface area (Å²) in [7, 11) is 0. The summed E-state index contributed by atoms with van der Waals surface area (Å²) in [4.78, 5) is 8.43. The second-order valence-corrected chi connectivity index (χ2v) is 5.63. The van der Waals surface area contributed by atoms with Crippen LogP contribution in [0.2, 0.25) is 5.02 Å². The molecule has 4 nitrogen and oxygen atoms in total. The summed E-state index contributed by atoms with van der Waals surface area (Å²) in [6.07, 6.45) is 0. The van der Waals surface area contributed by atoms with E-state index < -0.39 is 17.5 Å². The van der Waals surface area contributed by atoms with Crippen LogP contribution in [0.15, 0.2) is 42.5 Å². The first kappa shape index (κ1) is 17.0. The van der Waals surface area contributed by atoms with Crippen LogP contribution in [0.4, 0.5) is 36.3 Å². The summed E-state index contributed by atoms with van der Waals surface area (Å²) in [6, 6.07) is 9.24. The van der Waals surface area contributed by atoms with Crippen molar-refractivity contribution >= 4 is 34.7 Å². The molecule has 0 unspecified atom stereocenters. The van der Waals surface area contributed by atoms with Crippen molar-refractivity contribution in [1.29, 1.82) is 0 Å². The van der Waals surface area contributed by atoms with E-state index in [4.69, 9.17) is 11.6 Å².